The summed E-state index contributed by atoms with van der Waals surface area (Å²) in [5, 5.41) is 9.35. The van der Waals surface area contributed by atoms with Crippen molar-refractivity contribution in [3.63, 3.8) is 0 Å². The predicted molar refractivity (Wildman–Crippen MR) is 43.2 cm³/mol. The van der Waals surface area contributed by atoms with Crippen LogP contribution in [0.2, 0.25) is 0 Å². The fraction of sp³-hybridized carbons (Fsp3) is 0.125. The fourth-order valence-corrected chi connectivity index (χ4v) is 1.14. The molecule has 1 aromatic rings. The van der Waals surface area contributed by atoms with E-state index in [9.17, 15) is 10.0 Å². The Bertz CT molecular complexity index is 360. The second-order valence-electron chi connectivity index (χ2n) is 2.54. The molecule has 12 heavy (non-hydrogen) atoms. The summed E-state index contributed by atoms with van der Waals surface area (Å²) in [5.41, 5.74) is 1.20. The molecule has 0 amide bonds. The lowest BCUT2D eigenvalue weighted by Gasteiger charge is -2.07. The van der Waals surface area contributed by atoms with Crippen LogP contribution in [0.15, 0.2) is 29.3 Å². The maximum absolute atomic E-state index is 10.9. The van der Waals surface area contributed by atoms with Crippen molar-refractivity contribution in [2.24, 2.45) is 4.99 Å². The van der Waals surface area contributed by atoms with Crippen LogP contribution in [0.1, 0.15) is 11.8 Å². The van der Waals surface area contributed by atoms with E-state index in [0.29, 0.717) is 16.0 Å². The van der Waals surface area contributed by atoms with E-state index >= 15 is 0 Å². The van der Waals surface area contributed by atoms with Crippen LogP contribution in [0.25, 0.3) is 0 Å². The molecule has 4 heteroatoms. The van der Waals surface area contributed by atoms with Gasteiger partial charge in [-0.15, -0.1) is 0 Å². The molecule has 2 rings (SSSR count). The van der Waals surface area contributed by atoms with Gasteiger partial charge in [0, 0.05) is 4.76 Å². The Balaban J connectivity index is 2.59. The van der Waals surface area contributed by atoms with Gasteiger partial charge >= 0.3 is 6.34 Å². The molecule has 0 saturated heterocycles. The van der Waals surface area contributed by atoms with Crippen molar-refractivity contribution in [3.05, 3.63) is 34.7 Å². The third kappa shape index (κ3) is 0.931. The molecule has 4 nitrogen and oxygen atoms in total. The van der Waals surface area contributed by atoms with Crippen LogP contribution in [-0.4, -0.2) is 16.2 Å². The van der Waals surface area contributed by atoms with Crippen molar-refractivity contribution in [2.75, 3.05) is 0 Å². The zero-order chi connectivity index (χ0) is 8.55. The van der Waals surface area contributed by atoms with Crippen LogP contribution in [0.3, 0.4) is 0 Å². The fourth-order valence-electron chi connectivity index (χ4n) is 1.14. The minimum absolute atomic E-state index is 0.419. The molecule has 1 N–H and O–H groups in total. The molecule has 1 aromatic carbocycles. The third-order valence-corrected chi connectivity index (χ3v) is 1.77. The molecular formula is C8H7N2O2+. The van der Waals surface area contributed by atoms with Crippen LogP contribution in [0.4, 0.5) is 5.69 Å². The molecular weight excluding hydrogens is 156 g/mol. The summed E-state index contributed by atoms with van der Waals surface area (Å²) in [7, 11) is 0. The highest BCUT2D eigenvalue weighted by molar-refractivity contribution is 5.60. The number of rotatable bonds is 0. The number of aliphatic imine (C=N–C) groups is 1. The normalized spacial score (nSPS) is 20.8. The number of nitroso groups, excluding NO2 is 1. The summed E-state index contributed by atoms with van der Waals surface area (Å²) in [6, 6.07) is 7.00. The smallest absolute Gasteiger partial charge is 0.329 e. The van der Waals surface area contributed by atoms with Crippen molar-refractivity contribution in [1.82, 2.24) is 0 Å². The van der Waals surface area contributed by atoms with E-state index in [1.165, 1.54) is 0 Å². The maximum Gasteiger partial charge on any atom is 0.329 e. The molecule has 0 aromatic heterocycles. The lowest BCUT2D eigenvalue weighted by molar-refractivity contribution is -0.531. The molecule has 0 saturated carbocycles. The highest BCUT2D eigenvalue weighted by Gasteiger charge is 2.27. The van der Waals surface area contributed by atoms with Gasteiger partial charge in [0.15, 0.2) is 5.69 Å². The van der Waals surface area contributed by atoms with E-state index in [2.05, 4.69) is 4.99 Å². The number of benzene rings is 1. The zero-order valence-electron chi connectivity index (χ0n) is 6.21. The number of para-hydroxylation sites is 1. The molecule has 0 fully saturated rings. The van der Waals surface area contributed by atoms with Gasteiger partial charge in [0.05, 0.1) is 5.56 Å². The molecule has 0 bridgehead atoms. The second-order valence-corrected chi connectivity index (χ2v) is 2.54. The van der Waals surface area contributed by atoms with Gasteiger partial charge in [-0.2, -0.15) is 0 Å². The Labute approximate surface area is 68.7 Å². The number of hydrogen-bond acceptors (Lipinski definition) is 3. The topological polar surface area (TPSA) is 52.7 Å². The Morgan fingerprint density at radius 3 is 3.00 bits per heavy atom. The summed E-state index contributed by atoms with van der Waals surface area (Å²) >= 11 is 0. The first-order chi connectivity index (χ1) is 5.79. The van der Waals surface area contributed by atoms with E-state index in [-0.39, 0.29) is 0 Å². The van der Waals surface area contributed by atoms with E-state index in [1.54, 1.807) is 18.2 Å². The Morgan fingerprint density at radius 2 is 2.17 bits per heavy atom. The van der Waals surface area contributed by atoms with Gasteiger partial charge in [-0.25, -0.2) is 0 Å². The number of aliphatic hydroxyl groups is 1. The van der Waals surface area contributed by atoms with E-state index in [4.69, 9.17) is 0 Å². The highest BCUT2D eigenvalue weighted by Crippen LogP contribution is 2.27. The average Bonchev–Trinajstić information content (AvgIpc) is 2.12. The van der Waals surface area contributed by atoms with Gasteiger partial charge in [-0.05, 0) is 17.1 Å². The minimum Gasteiger partial charge on any atom is -0.349 e. The standard InChI is InChI=1S/C8H7N2O2/c11-8-6-3-1-2-4-7(6)9-5-10(8)12/h1-5,8,11H/q+1. The van der Waals surface area contributed by atoms with Crippen LogP contribution in [0, 0.1) is 4.91 Å². The van der Waals surface area contributed by atoms with Crippen LogP contribution < -0.4 is 0 Å². The predicted octanol–water partition coefficient (Wildman–Crippen LogP) is 1.13. The summed E-state index contributed by atoms with van der Waals surface area (Å²) in [4.78, 5) is 14.7. The first kappa shape index (κ1) is 7.12. The molecule has 0 radical (unpaired) electrons. The lowest BCUT2D eigenvalue weighted by Crippen LogP contribution is -2.17. The van der Waals surface area contributed by atoms with E-state index in [0.717, 1.165) is 6.34 Å². The van der Waals surface area contributed by atoms with Crippen LogP contribution in [0.5, 0.6) is 0 Å². The van der Waals surface area contributed by atoms with Crippen molar-refractivity contribution >= 4 is 12.0 Å². The Hall–Kier alpha value is -1.55. The molecule has 1 unspecified atom stereocenters. The van der Waals surface area contributed by atoms with Crippen molar-refractivity contribution in [2.45, 2.75) is 6.23 Å². The average molecular weight is 163 g/mol. The first-order valence-electron chi connectivity index (χ1n) is 3.56. The molecule has 1 aliphatic heterocycles. The van der Waals surface area contributed by atoms with Gasteiger partial charge in [0.25, 0.3) is 6.23 Å². The molecule has 0 spiro atoms. The second kappa shape index (κ2) is 2.49. The summed E-state index contributed by atoms with van der Waals surface area (Å²) in [6.07, 6.45) is -0.0359. The molecule has 1 atom stereocenters. The van der Waals surface area contributed by atoms with Gasteiger partial charge in [-0.1, -0.05) is 17.0 Å². The van der Waals surface area contributed by atoms with Gasteiger partial charge in [0.1, 0.15) is 0 Å². The number of hydrogen-bond donors (Lipinski definition) is 1. The Morgan fingerprint density at radius 1 is 1.42 bits per heavy atom. The molecule has 1 aliphatic rings. The van der Waals surface area contributed by atoms with E-state index < -0.39 is 6.23 Å². The summed E-state index contributed by atoms with van der Waals surface area (Å²) in [6.45, 7) is 0. The SMILES string of the molecule is O=[N+]1C=Nc2ccccc2C1O. The van der Waals surface area contributed by atoms with E-state index in [1.807, 2.05) is 6.07 Å². The third-order valence-electron chi connectivity index (χ3n) is 1.77. The Kier molecular flexibility index (Phi) is 1.48. The van der Waals surface area contributed by atoms with Crippen LogP contribution >= 0.6 is 0 Å². The largest absolute Gasteiger partial charge is 0.349 e. The maximum atomic E-state index is 10.9. The van der Waals surface area contributed by atoms with Gasteiger partial charge in [0.2, 0.25) is 0 Å². The number of fused-ring (bicyclic) bond motifs is 1. The van der Waals surface area contributed by atoms with Crippen molar-refractivity contribution in [3.8, 4) is 0 Å². The van der Waals surface area contributed by atoms with Gasteiger partial charge < -0.3 is 5.11 Å². The highest BCUT2D eigenvalue weighted by atomic mass is 16.4. The molecule has 0 aliphatic carbocycles. The van der Waals surface area contributed by atoms with Crippen LogP contribution in [-0.2, 0) is 0 Å². The lowest BCUT2D eigenvalue weighted by atomic mass is 10.1. The monoisotopic (exact) mass is 163 g/mol. The minimum atomic E-state index is -1.11. The summed E-state index contributed by atoms with van der Waals surface area (Å²) in [5.74, 6) is 0. The van der Waals surface area contributed by atoms with Crippen molar-refractivity contribution in [1.29, 1.82) is 0 Å². The quantitative estimate of drug-likeness (QED) is 0.583. The first-order valence-corrected chi connectivity index (χ1v) is 3.56. The van der Waals surface area contributed by atoms with Gasteiger partial charge in [-0.3, -0.25) is 0 Å². The molecule has 60 valence electrons. The molecule has 1 heterocycles. The van der Waals surface area contributed by atoms with Crippen molar-refractivity contribution < 1.29 is 9.87 Å². The zero-order valence-corrected chi connectivity index (χ0v) is 6.21. The number of aliphatic hydroxyl groups excluding tert-OH is 1. The number of nitrogens with zero attached hydrogens (tertiary/aromatic N) is 2. The summed E-state index contributed by atoms with van der Waals surface area (Å²) < 4.78 is 0.419.